The minimum absolute atomic E-state index is 0.226. The van der Waals surface area contributed by atoms with E-state index in [1.165, 1.54) is 6.07 Å². The summed E-state index contributed by atoms with van der Waals surface area (Å²) in [5.41, 5.74) is 1.35. The zero-order chi connectivity index (χ0) is 9.10. The summed E-state index contributed by atoms with van der Waals surface area (Å²) in [5.74, 6) is -0.226. The molecule has 63 valence electrons. The molecule has 0 aliphatic heterocycles. The predicted octanol–water partition coefficient (Wildman–Crippen LogP) is 2.69. The smallest absolute Gasteiger partial charge is 0.131 e. The summed E-state index contributed by atoms with van der Waals surface area (Å²) in [4.78, 5) is 3.81. The van der Waals surface area contributed by atoms with Crippen LogP contribution in [0.5, 0.6) is 0 Å². The van der Waals surface area contributed by atoms with E-state index in [9.17, 15) is 4.39 Å². The maximum atomic E-state index is 13.2. The van der Waals surface area contributed by atoms with Gasteiger partial charge in [0.15, 0.2) is 0 Å². The molecule has 0 atom stereocenters. The lowest BCUT2D eigenvalue weighted by atomic mass is 10.1. The van der Waals surface area contributed by atoms with E-state index in [2.05, 4.69) is 11.2 Å². The van der Waals surface area contributed by atoms with Gasteiger partial charge in [-0.05, 0) is 12.1 Å². The number of rotatable bonds is 1. The van der Waals surface area contributed by atoms with Crippen LogP contribution in [-0.4, -0.2) is 4.98 Å². The van der Waals surface area contributed by atoms with Crippen molar-refractivity contribution in [3.63, 3.8) is 0 Å². The molecule has 1 radical (unpaired) electrons. The van der Waals surface area contributed by atoms with Crippen LogP contribution in [0, 0.1) is 12.0 Å². The van der Waals surface area contributed by atoms with Crippen LogP contribution in [0.15, 0.2) is 42.6 Å². The molecule has 0 fully saturated rings. The molecule has 0 saturated carbocycles. The van der Waals surface area contributed by atoms with Crippen molar-refractivity contribution in [2.45, 2.75) is 0 Å². The lowest BCUT2D eigenvalue weighted by molar-refractivity contribution is 0.631. The van der Waals surface area contributed by atoms with Gasteiger partial charge in [0.05, 0.1) is 6.20 Å². The molecule has 13 heavy (non-hydrogen) atoms. The second-order valence-corrected chi connectivity index (χ2v) is 2.66. The highest BCUT2D eigenvalue weighted by atomic mass is 19.1. The molecular formula is C11H7FN. The summed E-state index contributed by atoms with van der Waals surface area (Å²) in [6.45, 7) is 0. The molecule has 0 bridgehead atoms. The highest BCUT2D eigenvalue weighted by Crippen LogP contribution is 2.20. The summed E-state index contributed by atoms with van der Waals surface area (Å²) in [6.07, 6.45) is 4.25. The minimum atomic E-state index is -0.226. The number of aromatic nitrogens is 1. The molecule has 0 aliphatic carbocycles. The number of halogens is 1. The third-order valence-electron chi connectivity index (χ3n) is 1.80. The van der Waals surface area contributed by atoms with Crippen LogP contribution in [-0.2, 0) is 0 Å². The molecule has 1 aromatic carbocycles. The molecule has 0 aliphatic rings. The van der Waals surface area contributed by atoms with Crippen LogP contribution in [0.1, 0.15) is 0 Å². The first-order chi connectivity index (χ1) is 6.38. The number of benzene rings is 1. The second kappa shape index (κ2) is 3.35. The average Bonchev–Trinajstić information content (AvgIpc) is 2.20. The SMILES string of the molecule is Fc1ccccc1-c1cc[c]nc1. The van der Waals surface area contributed by atoms with Crippen molar-refractivity contribution in [3.05, 3.63) is 54.6 Å². The highest BCUT2D eigenvalue weighted by Gasteiger charge is 2.01. The molecular weight excluding hydrogens is 165 g/mol. The molecule has 2 heteroatoms. The van der Waals surface area contributed by atoms with Crippen molar-refractivity contribution in [1.29, 1.82) is 0 Å². The Morgan fingerprint density at radius 3 is 2.69 bits per heavy atom. The van der Waals surface area contributed by atoms with Crippen molar-refractivity contribution >= 4 is 0 Å². The van der Waals surface area contributed by atoms with Gasteiger partial charge >= 0.3 is 0 Å². The number of hydrogen-bond donors (Lipinski definition) is 0. The lowest BCUT2D eigenvalue weighted by Gasteiger charge is -2.00. The van der Waals surface area contributed by atoms with E-state index < -0.39 is 0 Å². The van der Waals surface area contributed by atoms with E-state index in [0.717, 1.165) is 5.56 Å². The Hall–Kier alpha value is -1.70. The zero-order valence-electron chi connectivity index (χ0n) is 6.87. The average molecular weight is 172 g/mol. The standard InChI is InChI=1S/C11H7FN/c12-11-6-2-1-5-10(11)9-4-3-7-13-8-9/h1-6,8H. The molecule has 2 rings (SSSR count). The zero-order valence-corrected chi connectivity index (χ0v) is 6.87. The summed E-state index contributed by atoms with van der Waals surface area (Å²) in [5, 5.41) is 0. The minimum Gasteiger partial charge on any atom is -0.254 e. The van der Waals surface area contributed by atoms with Crippen molar-refractivity contribution in [2.24, 2.45) is 0 Å². The van der Waals surface area contributed by atoms with E-state index >= 15 is 0 Å². The van der Waals surface area contributed by atoms with E-state index in [4.69, 9.17) is 0 Å². The molecule has 0 unspecified atom stereocenters. The number of hydrogen-bond acceptors (Lipinski definition) is 1. The highest BCUT2D eigenvalue weighted by molar-refractivity contribution is 5.62. The first kappa shape index (κ1) is 7.92. The molecule has 0 N–H and O–H groups in total. The quantitative estimate of drug-likeness (QED) is 0.644. The first-order valence-electron chi connectivity index (χ1n) is 3.95. The summed E-state index contributed by atoms with van der Waals surface area (Å²) in [7, 11) is 0. The Labute approximate surface area is 75.9 Å². The third kappa shape index (κ3) is 1.56. The molecule has 2 aromatic rings. The van der Waals surface area contributed by atoms with E-state index in [-0.39, 0.29) is 5.82 Å². The van der Waals surface area contributed by atoms with E-state index in [0.29, 0.717) is 5.56 Å². The normalized spacial score (nSPS) is 9.92. The Morgan fingerprint density at radius 2 is 2.00 bits per heavy atom. The van der Waals surface area contributed by atoms with Gasteiger partial charge in [-0.3, -0.25) is 4.98 Å². The Bertz CT molecular complexity index is 398. The number of nitrogens with zero attached hydrogens (tertiary/aromatic N) is 1. The maximum Gasteiger partial charge on any atom is 0.131 e. The lowest BCUT2D eigenvalue weighted by Crippen LogP contribution is -1.83. The van der Waals surface area contributed by atoms with Gasteiger partial charge in [0.25, 0.3) is 0 Å². The van der Waals surface area contributed by atoms with Crippen molar-refractivity contribution in [1.82, 2.24) is 4.98 Å². The fourth-order valence-electron chi connectivity index (χ4n) is 1.17. The molecule has 1 nitrogen and oxygen atoms in total. The van der Waals surface area contributed by atoms with Crippen LogP contribution in [0.3, 0.4) is 0 Å². The molecule has 0 spiro atoms. The second-order valence-electron chi connectivity index (χ2n) is 2.66. The predicted molar refractivity (Wildman–Crippen MR) is 48.5 cm³/mol. The van der Waals surface area contributed by atoms with Gasteiger partial charge in [0, 0.05) is 17.3 Å². The van der Waals surface area contributed by atoms with E-state index in [1.807, 2.05) is 0 Å². The molecule has 0 amide bonds. The Balaban J connectivity index is 2.54. The van der Waals surface area contributed by atoms with Crippen LogP contribution in [0.4, 0.5) is 4.39 Å². The fraction of sp³-hybridized carbons (Fsp3) is 0. The van der Waals surface area contributed by atoms with Crippen LogP contribution in [0.25, 0.3) is 11.1 Å². The van der Waals surface area contributed by atoms with Gasteiger partial charge in [-0.1, -0.05) is 24.3 Å². The maximum absolute atomic E-state index is 13.2. The van der Waals surface area contributed by atoms with Gasteiger partial charge in [-0.2, -0.15) is 0 Å². The van der Waals surface area contributed by atoms with Gasteiger partial charge < -0.3 is 0 Å². The summed E-state index contributed by atoms with van der Waals surface area (Å²) in [6, 6.07) is 10.1. The molecule has 1 aromatic heterocycles. The van der Waals surface area contributed by atoms with Crippen LogP contribution < -0.4 is 0 Å². The molecule has 1 heterocycles. The van der Waals surface area contributed by atoms with Crippen molar-refractivity contribution in [2.75, 3.05) is 0 Å². The summed E-state index contributed by atoms with van der Waals surface area (Å²) >= 11 is 0. The van der Waals surface area contributed by atoms with Gasteiger partial charge in [0.1, 0.15) is 5.82 Å². The third-order valence-corrected chi connectivity index (χ3v) is 1.80. The topological polar surface area (TPSA) is 12.9 Å². The number of pyridine rings is 1. The van der Waals surface area contributed by atoms with Gasteiger partial charge in [-0.25, -0.2) is 4.39 Å². The van der Waals surface area contributed by atoms with Crippen LogP contribution in [0.2, 0.25) is 0 Å². The fourth-order valence-corrected chi connectivity index (χ4v) is 1.17. The Kier molecular flexibility index (Phi) is 2.04. The van der Waals surface area contributed by atoms with E-state index in [1.54, 1.807) is 36.5 Å². The van der Waals surface area contributed by atoms with Crippen molar-refractivity contribution in [3.8, 4) is 11.1 Å². The molecule has 0 saturated heterocycles. The van der Waals surface area contributed by atoms with Crippen LogP contribution >= 0.6 is 0 Å². The largest absolute Gasteiger partial charge is 0.254 e. The van der Waals surface area contributed by atoms with Crippen molar-refractivity contribution < 1.29 is 4.39 Å². The van der Waals surface area contributed by atoms with Gasteiger partial charge in [-0.15, -0.1) is 0 Å². The Morgan fingerprint density at radius 1 is 1.15 bits per heavy atom. The first-order valence-corrected chi connectivity index (χ1v) is 3.95. The monoisotopic (exact) mass is 172 g/mol. The summed E-state index contributed by atoms with van der Waals surface area (Å²) < 4.78 is 13.2. The van der Waals surface area contributed by atoms with Gasteiger partial charge in [0.2, 0.25) is 0 Å².